The van der Waals surface area contributed by atoms with Gasteiger partial charge < -0.3 is 10.2 Å². The Morgan fingerprint density at radius 1 is 0.677 bits per heavy atom. The predicted octanol–water partition coefficient (Wildman–Crippen LogP) is 4.93. The van der Waals surface area contributed by atoms with Crippen LogP contribution in [0.5, 0.6) is 0 Å². The van der Waals surface area contributed by atoms with E-state index in [1.54, 1.807) is 0 Å². The van der Waals surface area contributed by atoms with Crippen molar-refractivity contribution in [3.8, 4) is 0 Å². The molecule has 0 amide bonds. The van der Waals surface area contributed by atoms with E-state index in [2.05, 4.69) is 91.0 Å². The predicted molar refractivity (Wildman–Crippen MR) is 125 cm³/mol. The number of hydrogen-bond acceptors (Lipinski definition) is 2. The van der Waals surface area contributed by atoms with Crippen LogP contribution in [-0.2, 0) is 22.9 Å². The van der Waals surface area contributed by atoms with Crippen LogP contribution in [0.1, 0.15) is 23.6 Å². The molecule has 0 spiro atoms. The van der Waals surface area contributed by atoms with Crippen molar-refractivity contribution in [2.45, 2.75) is 20.2 Å². The second-order valence-electron chi connectivity index (χ2n) is 7.21. The Kier molecular flexibility index (Phi) is 10.6. The molecule has 0 aliphatic rings. The molecule has 0 saturated carbocycles. The molecule has 0 bridgehead atoms. The van der Waals surface area contributed by atoms with Crippen molar-refractivity contribution in [3.05, 3.63) is 119 Å². The van der Waals surface area contributed by atoms with E-state index in [4.69, 9.17) is 10.2 Å². The van der Waals surface area contributed by atoms with Gasteiger partial charge in [-0.15, -0.1) is 0 Å². The van der Waals surface area contributed by atoms with Crippen LogP contribution in [0.2, 0.25) is 0 Å². The fourth-order valence-electron chi connectivity index (χ4n) is 3.09. The zero-order chi connectivity index (χ0) is 22.5. The molecule has 3 aromatic rings. The molecular formula is C26H27O4Sn. The summed E-state index contributed by atoms with van der Waals surface area (Å²) in [5.74, 6) is -2.45. The fourth-order valence-corrected chi connectivity index (χ4v) is 11.1. The molecular weight excluding hydrogens is 495 g/mol. The molecule has 0 aromatic heterocycles. The van der Waals surface area contributed by atoms with Crippen LogP contribution in [-0.4, -0.2) is 41.9 Å². The molecule has 0 saturated heterocycles. The summed E-state index contributed by atoms with van der Waals surface area (Å²) in [6.45, 7) is 1.22. The molecule has 31 heavy (non-hydrogen) atoms. The topological polar surface area (TPSA) is 74.6 Å². The Morgan fingerprint density at radius 2 is 1.00 bits per heavy atom. The van der Waals surface area contributed by atoms with Gasteiger partial charge in [0, 0.05) is 11.6 Å². The summed E-state index contributed by atoms with van der Waals surface area (Å²) in [5.41, 5.74) is 4.37. The van der Waals surface area contributed by atoms with Gasteiger partial charge in [-0.25, -0.2) is 9.59 Å². The Morgan fingerprint density at radius 3 is 1.23 bits per heavy atom. The van der Waals surface area contributed by atoms with E-state index in [-0.39, 0.29) is 5.57 Å². The van der Waals surface area contributed by atoms with Gasteiger partial charge in [-0.05, 0) is 6.92 Å². The van der Waals surface area contributed by atoms with Gasteiger partial charge >= 0.3 is 153 Å². The van der Waals surface area contributed by atoms with Crippen molar-refractivity contribution in [1.29, 1.82) is 0 Å². The van der Waals surface area contributed by atoms with Crippen LogP contribution in [0.15, 0.2) is 103 Å². The molecule has 0 atom stereocenters. The Hall–Kier alpha value is -2.86. The van der Waals surface area contributed by atoms with Gasteiger partial charge in [0.25, 0.3) is 0 Å². The number of carboxylic acid groups (broad SMARTS) is 2. The zero-order valence-corrected chi connectivity index (χ0v) is 20.4. The zero-order valence-electron chi connectivity index (χ0n) is 17.6. The first kappa shape index (κ1) is 24.4. The van der Waals surface area contributed by atoms with Crippen molar-refractivity contribution in [2.24, 2.45) is 0 Å². The van der Waals surface area contributed by atoms with Gasteiger partial charge in [-0.2, -0.15) is 0 Å². The summed E-state index contributed by atoms with van der Waals surface area (Å²) in [4.78, 5) is 19.7. The van der Waals surface area contributed by atoms with Crippen molar-refractivity contribution < 1.29 is 19.8 Å². The van der Waals surface area contributed by atoms with Crippen LogP contribution in [0.4, 0.5) is 0 Å². The summed E-state index contributed by atoms with van der Waals surface area (Å²) in [5, 5.41) is 16.1. The first-order chi connectivity index (χ1) is 14.9. The van der Waals surface area contributed by atoms with E-state index in [1.165, 1.54) is 36.9 Å². The molecule has 0 aliphatic carbocycles. The minimum absolute atomic E-state index is 0.178. The van der Waals surface area contributed by atoms with Gasteiger partial charge in [-0.3, -0.25) is 0 Å². The average molecular weight is 522 g/mol. The number of benzene rings is 3. The number of aliphatic carboxylic acids is 2. The maximum atomic E-state index is 9.90. The van der Waals surface area contributed by atoms with Gasteiger partial charge in [0.05, 0.1) is 0 Å². The fraction of sp³-hybridized carbons (Fsp3) is 0.154. The normalized spacial score (nSPS) is 10.8. The maximum absolute atomic E-state index is 9.90. The van der Waals surface area contributed by atoms with Crippen LogP contribution < -0.4 is 0 Å². The van der Waals surface area contributed by atoms with Gasteiger partial charge in [0.1, 0.15) is 0 Å². The standard InChI is InChI=1S/3C7H7.C5H6O4.Sn/c3*1-7-5-3-2-4-6-7;1-3(5(8)9)2-4(6)7;/h3*2-6H,1H2;2H,1H3,(H,6,7)(H,8,9);/b;;;3-2-;. The van der Waals surface area contributed by atoms with Gasteiger partial charge in [0.2, 0.25) is 0 Å². The molecule has 0 aliphatic heterocycles. The Bertz CT molecular complexity index is 871. The SMILES string of the molecule is C/C(=C/C(=O)O)C(=O)O.c1ccc([CH2][Sn]([CH2]c2ccccc2)[CH2]c2ccccc2)cc1. The Balaban J connectivity index is 0.000000323. The third kappa shape index (κ3) is 10.1. The molecule has 159 valence electrons. The Labute approximate surface area is 190 Å². The third-order valence-corrected chi connectivity index (χ3v) is 12.3. The summed E-state index contributed by atoms with van der Waals surface area (Å²) in [6, 6.07) is 33.1. The average Bonchev–Trinajstić information content (AvgIpc) is 2.76. The molecule has 5 heteroatoms. The summed E-state index contributed by atoms with van der Waals surface area (Å²) in [6.07, 6.45) is 0.641. The second-order valence-corrected chi connectivity index (χ2v) is 14.5. The monoisotopic (exact) mass is 523 g/mol. The van der Waals surface area contributed by atoms with Gasteiger partial charge in [0.15, 0.2) is 0 Å². The van der Waals surface area contributed by atoms with E-state index in [0.717, 1.165) is 0 Å². The molecule has 0 heterocycles. The first-order valence-electron chi connectivity index (χ1n) is 10.0. The molecule has 2 N–H and O–H groups in total. The molecule has 3 aromatic carbocycles. The van der Waals surface area contributed by atoms with Crippen molar-refractivity contribution in [1.82, 2.24) is 0 Å². The summed E-state index contributed by atoms with van der Waals surface area (Å²) in [7, 11) is 0. The van der Waals surface area contributed by atoms with E-state index in [9.17, 15) is 9.59 Å². The van der Waals surface area contributed by atoms with Crippen molar-refractivity contribution >= 4 is 31.7 Å². The second kappa shape index (κ2) is 13.4. The minimum atomic E-state index is -1.56. The molecule has 3 rings (SSSR count). The number of hydrogen-bond donors (Lipinski definition) is 2. The van der Waals surface area contributed by atoms with Crippen LogP contribution in [0, 0.1) is 0 Å². The molecule has 0 fully saturated rings. The quantitative estimate of drug-likeness (QED) is 0.325. The van der Waals surface area contributed by atoms with E-state index in [1.807, 2.05) is 0 Å². The van der Waals surface area contributed by atoms with Crippen LogP contribution >= 0.6 is 0 Å². The third-order valence-electron chi connectivity index (χ3n) is 4.57. The molecule has 1 radical (unpaired) electrons. The number of carboxylic acids is 2. The van der Waals surface area contributed by atoms with Gasteiger partial charge in [-0.1, -0.05) is 0 Å². The molecule has 0 unspecified atom stereocenters. The van der Waals surface area contributed by atoms with Crippen molar-refractivity contribution in [3.63, 3.8) is 0 Å². The van der Waals surface area contributed by atoms with E-state index in [0.29, 0.717) is 6.08 Å². The summed E-state index contributed by atoms with van der Waals surface area (Å²) < 4.78 is 3.98. The number of rotatable bonds is 8. The van der Waals surface area contributed by atoms with Crippen LogP contribution in [0.25, 0.3) is 0 Å². The van der Waals surface area contributed by atoms with Crippen molar-refractivity contribution in [2.75, 3.05) is 0 Å². The molecule has 4 nitrogen and oxygen atoms in total. The van der Waals surface area contributed by atoms with Crippen LogP contribution in [0.3, 0.4) is 0 Å². The van der Waals surface area contributed by atoms with E-state index >= 15 is 0 Å². The summed E-state index contributed by atoms with van der Waals surface area (Å²) >= 11 is -1.56. The van der Waals surface area contributed by atoms with E-state index < -0.39 is 31.7 Å². The first-order valence-corrected chi connectivity index (χ1v) is 16.1. The number of carbonyl (C=O) groups is 2.